The van der Waals surface area contributed by atoms with Crippen molar-refractivity contribution in [3.05, 3.63) is 82.0 Å². The zero-order chi connectivity index (χ0) is 20.9. The van der Waals surface area contributed by atoms with Gasteiger partial charge in [0.1, 0.15) is 5.75 Å². The van der Waals surface area contributed by atoms with Gasteiger partial charge in [-0.1, -0.05) is 43.3 Å². The van der Waals surface area contributed by atoms with Crippen LogP contribution in [-0.4, -0.2) is 22.8 Å². The number of ether oxygens (including phenoxy) is 1. The lowest BCUT2D eigenvalue weighted by Crippen LogP contribution is -2.38. The molecular formula is C24H24N2O3S. The van der Waals surface area contributed by atoms with Crippen LogP contribution in [-0.2, 0) is 29.1 Å². The van der Waals surface area contributed by atoms with Crippen molar-refractivity contribution in [2.75, 3.05) is 5.32 Å². The molecule has 0 bridgehead atoms. The molecule has 0 aliphatic carbocycles. The highest BCUT2D eigenvalue weighted by Gasteiger charge is 2.30. The van der Waals surface area contributed by atoms with E-state index in [1.54, 1.807) is 11.3 Å². The van der Waals surface area contributed by atoms with E-state index < -0.39 is 6.10 Å². The molecule has 4 rings (SSSR count). The van der Waals surface area contributed by atoms with Gasteiger partial charge in [-0.2, -0.15) is 0 Å². The number of fused-ring (bicyclic) bond motifs is 1. The molecule has 30 heavy (non-hydrogen) atoms. The summed E-state index contributed by atoms with van der Waals surface area (Å²) >= 11 is 1.57. The Labute approximate surface area is 180 Å². The highest BCUT2D eigenvalue weighted by atomic mass is 32.1. The van der Waals surface area contributed by atoms with Crippen molar-refractivity contribution in [3.63, 3.8) is 0 Å². The second kappa shape index (κ2) is 9.13. The van der Waals surface area contributed by atoms with Crippen molar-refractivity contribution in [2.45, 2.75) is 39.0 Å². The molecule has 0 spiro atoms. The van der Waals surface area contributed by atoms with E-state index in [0.29, 0.717) is 37.4 Å². The van der Waals surface area contributed by atoms with Gasteiger partial charge in [-0.3, -0.25) is 9.59 Å². The minimum atomic E-state index is -0.505. The van der Waals surface area contributed by atoms with Crippen LogP contribution in [0.1, 0.15) is 29.3 Å². The Kier molecular flexibility index (Phi) is 6.14. The van der Waals surface area contributed by atoms with Crippen LogP contribution in [0, 0.1) is 0 Å². The van der Waals surface area contributed by atoms with Crippen molar-refractivity contribution in [2.24, 2.45) is 0 Å². The molecular weight excluding hydrogens is 396 g/mol. The quantitative estimate of drug-likeness (QED) is 0.633. The lowest BCUT2D eigenvalue weighted by Gasteiger charge is -2.23. The molecule has 0 radical (unpaired) electrons. The van der Waals surface area contributed by atoms with Gasteiger partial charge in [-0.25, -0.2) is 0 Å². The smallest absolute Gasteiger partial charge is 0.264 e. The summed E-state index contributed by atoms with van der Waals surface area (Å²) in [4.78, 5) is 28.2. The molecule has 1 aromatic heterocycles. The van der Waals surface area contributed by atoms with Crippen molar-refractivity contribution in [1.29, 1.82) is 0 Å². The van der Waals surface area contributed by atoms with E-state index in [0.717, 1.165) is 16.0 Å². The van der Waals surface area contributed by atoms with Crippen LogP contribution < -0.4 is 10.1 Å². The number of hydrogen-bond acceptors (Lipinski definition) is 4. The van der Waals surface area contributed by atoms with E-state index in [1.807, 2.05) is 77.9 Å². The molecule has 1 aliphatic heterocycles. The third-order valence-corrected chi connectivity index (χ3v) is 5.94. The van der Waals surface area contributed by atoms with Gasteiger partial charge < -0.3 is 15.0 Å². The van der Waals surface area contributed by atoms with Gasteiger partial charge in [0, 0.05) is 29.2 Å². The summed E-state index contributed by atoms with van der Waals surface area (Å²) in [5.41, 5.74) is 2.68. The average Bonchev–Trinajstić information content (AvgIpc) is 3.21. The highest BCUT2D eigenvalue weighted by Crippen LogP contribution is 2.30. The second-order valence-electron chi connectivity index (χ2n) is 7.32. The SMILES string of the molecule is CC[C@@H]1Oc2ccc(NC(=O)Cc3cccs3)cc2CN(Cc2ccccc2)C1=O. The Morgan fingerprint density at radius 2 is 2.00 bits per heavy atom. The van der Waals surface area contributed by atoms with E-state index >= 15 is 0 Å². The number of benzene rings is 2. The Morgan fingerprint density at radius 1 is 1.17 bits per heavy atom. The number of anilines is 1. The number of thiophene rings is 1. The van der Waals surface area contributed by atoms with Gasteiger partial charge in [0.15, 0.2) is 6.10 Å². The van der Waals surface area contributed by atoms with Gasteiger partial charge >= 0.3 is 0 Å². The molecule has 1 N–H and O–H groups in total. The number of rotatable bonds is 6. The number of nitrogens with one attached hydrogen (secondary N) is 1. The van der Waals surface area contributed by atoms with E-state index in [-0.39, 0.29) is 11.8 Å². The van der Waals surface area contributed by atoms with Crippen LogP contribution in [0.25, 0.3) is 0 Å². The summed E-state index contributed by atoms with van der Waals surface area (Å²) in [6.07, 6.45) is 0.444. The summed E-state index contributed by atoms with van der Waals surface area (Å²) in [6.45, 7) is 2.91. The highest BCUT2D eigenvalue weighted by molar-refractivity contribution is 7.10. The molecule has 2 aromatic carbocycles. The molecule has 6 heteroatoms. The molecule has 0 unspecified atom stereocenters. The molecule has 0 saturated carbocycles. The Bertz CT molecular complexity index is 1020. The molecule has 0 saturated heterocycles. The maximum Gasteiger partial charge on any atom is 0.264 e. The summed E-state index contributed by atoms with van der Waals surface area (Å²) in [6, 6.07) is 19.4. The Morgan fingerprint density at radius 3 is 2.73 bits per heavy atom. The van der Waals surface area contributed by atoms with E-state index in [4.69, 9.17) is 4.74 Å². The molecule has 2 heterocycles. The second-order valence-corrected chi connectivity index (χ2v) is 8.35. The first-order chi connectivity index (χ1) is 14.6. The van der Waals surface area contributed by atoms with Crippen molar-refractivity contribution < 1.29 is 14.3 Å². The number of amides is 2. The average molecular weight is 421 g/mol. The van der Waals surface area contributed by atoms with Crippen LogP contribution in [0.4, 0.5) is 5.69 Å². The minimum Gasteiger partial charge on any atom is -0.480 e. The van der Waals surface area contributed by atoms with E-state index in [9.17, 15) is 9.59 Å². The first kappa shape index (κ1) is 20.2. The molecule has 3 aromatic rings. The predicted octanol–water partition coefficient (Wildman–Crippen LogP) is 4.63. The summed E-state index contributed by atoms with van der Waals surface area (Å²) in [7, 11) is 0. The largest absolute Gasteiger partial charge is 0.480 e. The summed E-state index contributed by atoms with van der Waals surface area (Å²) in [5.74, 6) is 0.624. The van der Waals surface area contributed by atoms with Crippen molar-refractivity contribution in [1.82, 2.24) is 4.90 Å². The number of carbonyl (C=O) groups excluding carboxylic acids is 2. The van der Waals surface area contributed by atoms with Gasteiger partial charge in [0.05, 0.1) is 6.42 Å². The standard InChI is InChI=1S/C24H24N2O3S/c1-2-21-24(28)26(15-17-7-4-3-5-8-17)16-18-13-19(10-11-22(18)29-21)25-23(27)14-20-9-6-12-30-20/h3-13,21H,2,14-16H2,1H3,(H,25,27)/t21-/m0/s1. The Hall–Kier alpha value is -3.12. The topological polar surface area (TPSA) is 58.6 Å². The third kappa shape index (κ3) is 4.71. The van der Waals surface area contributed by atoms with Crippen molar-refractivity contribution in [3.8, 4) is 5.75 Å². The first-order valence-corrected chi connectivity index (χ1v) is 10.9. The zero-order valence-corrected chi connectivity index (χ0v) is 17.7. The summed E-state index contributed by atoms with van der Waals surface area (Å²) in [5, 5.41) is 4.92. The monoisotopic (exact) mass is 420 g/mol. The maximum atomic E-state index is 13.0. The lowest BCUT2D eigenvalue weighted by molar-refractivity contribution is -0.139. The van der Waals surface area contributed by atoms with Crippen molar-refractivity contribution >= 4 is 28.8 Å². The van der Waals surface area contributed by atoms with Gasteiger partial charge in [-0.05, 0) is 41.6 Å². The van der Waals surface area contributed by atoms with Gasteiger partial charge in [0.25, 0.3) is 5.91 Å². The molecule has 2 amide bonds. The molecule has 154 valence electrons. The van der Waals surface area contributed by atoms with E-state index in [1.165, 1.54) is 0 Å². The first-order valence-electron chi connectivity index (χ1n) is 10.1. The molecule has 1 atom stereocenters. The number of hydrogen-bond donors (Lipinski definition) is 1. The predicted molar refractivity (Wildman–Crippen MR) is 118 cm³/mol. The third-order valence-electron chi connectivity index (χ3n) is 5.06. The maximum absolute atomic E-state index is 13.0. The fourth-order valence-electron chi connectivity index (χ4n) is 3.56. The van der Waals surface area contributed by atoms with Crippen LogP contribution >= 0.6 is 11.3 Å². The van der Waals surface area contributed by atoms with Crippen LogP contribution in [0.2, 0.25) is 0 Å². The molecule has 0 fully saturated rings. The van der Waals surface area contributed by atoms with Crippen LogP contribution in [0.5, 0.6) is 5.75 Å². The van der Waals surface area contributed by atoms with E-state index in [2.05, 4.69) is 5.32 Å². The molecule has 1 aliphatic rings. The molecule has 5 nitrogen and oxygen atoms in total. The number of carbonyl (C=O) groups is 2. The van der Waals surface area contributed by atoms with Gasteiger partial charge in [-0.15, -0.1) is 11.3 Å². The van der Waals surface area contributed by atoms with Gasteiger partial charge in [0.2, 0.25) is 5.91 Å². The van der Waals surface area contributed by atoms with Crippen LogP contribution in [0.15, 0.2) is 66.0 Å². The normalized spacial score (nSPS) is 15.8. The zero-order valence-electron chi connectivity index (χ0n) is 16.8. The lowest BCUT2D eigenvalue weighted by atomic mass is 10.1. The van der Waals surface area contributed by atoms with Crippen LogP contribution in [0.3, 0.4) is 0 Å². The Balaban J connectivity index is 1.54. The number of nitrogens with zero attached hydrogens (tertiary/aromatic N) is 1. The minimum absolute atomic E-state index is 0.0131. The summed E-state index contributed by atoms with van der Waals surface area (Å²) < 4.78 is 6.03. The fourth-order valence-corrected chi connectivity index (χ4v) is 4.26. The fraction of sp³-hybridized carbons (Fsp3) is 0.250.